The molecule has 7 rings (SSSR count). The van der Waals surface area contributed by atoms with Crippen molar-refractivity contribution in [2.45, 2.75) is 38.0 Å². The molecular weight excluding hydrogens is 575 g/mol. The van der Waals surface area contributed by atoms with Gasteiger partial charge in [-0.3, -0.25) is 19.4 Å². The Balaban J connectivity index is 1.24. The van der Waals surface area contributed by atoms with Crippen molar-refractivity contribution in [3.05, 3.63) is 114 Å². The molecule has 0 aliphatic carbocycles. The SMILES string of the molecule is O=C1COc2cccc(c2)-c2cncc(c2)C(=O)N[C@@H]2CN(C(=O)CCc3ccc(F)cc3)CC[C@@H]2Oc2ccc(cc2)CN1. The highest BCUT2D eigenvalue weighted by Gasteiger charge is 2.34. The number of pyridine rings is 1. The highest BCUT2D eigenvalue weighted by molar-refractivity contribution is 5.95. The first-order valence-corrected chi connectivity index (χ1v) is 14.9. The molecule has 4 aromatic rings. The molecule has 3 aliphatic heterocycles. The summed E-state index contributed by atoms with van der Waals surface area (Å²) in [4.78, 5) is 45.3. The van der Waals surface area contributed by atoms with E-state index < -0.39 is 12.1 Å². The number of halogens is 1. The minimum absolute atomic E-state index is 0.0457. The van der Waals surface area contributed by atoms with Crippen LogP contribution in [0.3, 0.4) is 0 Å². The Kier molecular flexibility index (Phi) is 9.00. The van der Waals surface area contributed by atoms with Crippen LogP contribution in [0.4, 0.5) is 4.39 Å². The zero-order chi connectivity index (χ0) is 31.2. The van der Waals surface area contributed by atoms with Crippen LogP contribution in [0.25, 0.3) is 11.1 Å². The van der Waals surface area contributed by atoms with Crippen LogP contribution in [0.5, 0.6) is 11.5 Å². The second-order valence-corrected chi connectivity index (χ2v) is 11.2. The highest BCUT2D eigenvalue weighted by atomic mass is 19.1. The minimum Gasteiger partial charge on any atom is -0.488 e. The standard InChI is InChI=1S/C35H33FN4O5/c36-28-9-4-23(5-10-28)8-13-34(42)40-15-14-32-31(21-40)39-35(43)27-16-26(19-37-20-27)25-2-1-3-30(17-25)44-22-33(41)38-18-24-6-11-29(45-32)12-7-24/h1-7,9-12,16-17,19-20,31-32H,8,13-15,18,21-22H2,(H,38,41)(H,39,43)/t31-,32+/m1/s1. The summed E-state index contributed by atoms with van der Waals surface area (Å²) < 4.78 is 25.4. The van der Waals surface area contributed by atoms with Gasteiger partial charge in [0.1, 0.15) is 23.4 Å². The molecule has 3 aliphatic rings. The molecule has 10 heteroatoms. The topological polar surface area (TPSA) is 110 Å². The molecule has 3 amide bonds. The Morgan fingerprint density at radius 2 is 1.73 bits per heavy atom. The average Bonchev–Trinajstić information content (AvgIpc) is 3.07. The van der Waals surface area contributed by atoms with Gasteiger partial charge < -0.3 is 25.0 Å². The van der Waals surface area contributed by atoms with Crippen molar-refractivity contribution < 1.29 is 28.2 Å². The summed E-state index contributed by atoms with van der Waals surface area (Å²) in [7, 11) is 0. The maximum absolute atomic E-state index is 13.6. The van der Waals surface area contributed by atoms with E-state index in [1.165, 1.54) is 18.3 Å². The fraction of sp³-hybridized carbons (Fsp3) is 0.257. The van der Waals surface area contributed by atoms with Crippen molar-refractivity contribution in [2.75, 3.05) is 19.7 Å². The number of carbonyl (C=O) groups is 3. The number of likely N-dealkylation sites (tertiary alicyclic amines) is 1. The molecule has 2 N–H and O–H groups in total. The molecule has 45 heavy (non-hydrogen) atoms. The van der Waals surface area contributed by atoms with Gasteiger partial charge in [-0.05, 0) is 65.6 Å². The number of carbonyl (C=O) groups excluding carboxylic acids is 3. The van der Waals surface area contributed by atoms with Gasteiger partial charge in [-0.25, -0.2) is 4.39 Å². The second-order valence-electron chi connectivity index (χ2n) is 11.2. The number of piperidine rings is 1. The third-order valence-electron chi connectivity index (χ3n) is 8.00. The van der Waals surface area contributed by atoms with Gasteiger partial charge in [0, 0.05) is 50.4 Å². The number of rotatable bonds is 3. The first kappa shape index (κ1) is 29.8. The van der Waals surface area contributed by atoms with E-state index in [1.807, 2.05) is 36.4 Å². The first-order valence-electron chi connectivity index (χ1n) is 14.9. The van der Waals surface area contributed by atoms with Crippen LogP contribution in [-0.4, -0.2) is 59.4 Å². The van der Waals surface area contributed by atoms with Crippen molar-refractivity contribution >= 4 is 17.7 Å². The molecule has 0 unspecified atom stereocenters. The van der Waals surface area contributed by atoms with Crippen LogP contribution in [0.2, 0.25) is 0 Å². The lowest BCUT2D eigenvalue weighted by atomic mass is 9.99. The predicted octanol–water partition coefficient (Wildman–Crippen LogP) is 4.31. The molecule has 6 bridgehead atoms. The number of aryl methyl sites for hydroxylation is 1. The second kappa shape index (κ2) is 13.6. The van der Waals surface area contributed by atoms with Gasteiger partial charge in [0.25, 0.3) is 11.8 Å². The Hall–Kier alpha value is -5.25. The Labute approximate surface area is 260 Å². The normalized spacial score (nSPS) is 18.5. The van der Waals surface area contributed by atoms with Crippen LogP contribution >= 0.6 is 0 Å². The van der Waals surface area contributed by atoms with E-state index in [-0.39, 0.29) is 43.1 Å². The molecule has 0 saturated carbocycles. The summed E-state index contributed by atoms with van der Waals surface area (Å²) in [6.45, 7) is 0.937. The van der Waals surface area contributed by atoms with Crippen LogP contribution in [-0.2, 0) is 22.6 Å². The van der Waals surface area contributed by atoms with Crippen molar-refractivity contribution in [1.29, 1.82) is 0 Å². The van der Waals surface area contributed by atoms with Crippen LogP contribution in [0, 0.1) is 5.82 Å². The van der Waals surface area contributed by atoms with E-state index in [0.29, 0.717) is 48.6 Å². The number of hydrogen-bond acceptors (Lipinski definition) is 6. The molecule has 2 atom stereocenters. The minimum atomic E-state index is -0.494. The van der Waals surface area contributed by atoms with Crippen LogP contribution in [0.15, 0.2) is 91.3 Å². The van der Waals surface area contributed by atoms with E-state index in [2.05, 4.69) is 15.6 Å². The molecule has 1 fully saturated rings. The van der Waals surface area contributed by atoms with E-state index in [4.69, 9.17) is 9.47 Å². The molecule has 1 saturated heterocycles. The van der Waals surface area contributed by atoms with Gasteiger partial charge in [0.15, 0.2) is 6.61 Å². The number of benzene rings is 3. The summed E-state index contributed by atoms with van der Waals surface area (Å²) in [6, 6.07) is 22.0. The molecule has 9 nitrogen and oxygen atoms in total. The number of amides is 3. The highest BCUT2D eigenvalue weighted by Crippen LogP contribution is 2.25. The van der Waals surface area contributed by atoms with Gasteiger partial charge in [0.2, 0.25) is 5.91 Å². The quantitative estimate of drug-likeness (QED) is 0.359. The fourth-order valence-electron chi connectivity index (χ4n) is 5.50. The van der Waals surface area contributed by atoms with Gasteiger partial charge in [-0.15, -0.1) is 0 Å². The summed E-state index contributed by atoms with van der Waals surface area (Å²) in [5.74, 6) is 0.183. The molecule has 1 aromatic heterocycles. The first-order chi connectivity index (χ1) is 21.9. The number of nitrogens with one attached hydrogen (secondary N) is 2. The molecular formula is C35H33FN4O5. The Morgan fingerprint density at radius 1 is 0.933 bits per heavy atom. The number of ether oxygens (including phenoxy) is 2. The largest absolute Gasteiger partial charge is 0.488 e. The lowest BCUT2D eigenvalue weighted by molar-refractivity contribution is -0.133. The zero-order valence-electron chi connectivity index (χ0n) is 24.6. The number of aromatic nitrogens is 1. The van der Waals surface area contributed by atoms with Crippen molar-refractivity contribution in [3.8, 4) is 22.6 Å². The van der Waals surface area contributed by atoms with Crippen molar-refractivity contribution in [1.82, 2.24) is 20.5 Å². The average molecular weight is 609 g/mol. The zero-order valence-corrected chi connectivity index (χ0v) is 24.6. The third-order valence-corrected chi connectivity index (χ3v) is 8.00. The van der Waals surface area contributed by atoms with Crippen LogP contribution in [0.1, 0.15) is 34.3 Å². The Bertz CT molecular complexity index is 1680. The smallest absolute Gasteiger partial charge is 0.258 e. The number of hydrogen-bond donors (Lipinski definition) is 2. The van der Waals surface area contributed by atoms with Crippen molar-refractivity contribution in [3.63, 3.8) is 0 Å². The molecule has 3 aromatic carbocycles. The maximum atomic E-state index is 13.6. The lowest BCUT2D eigenvalue weighted by Crippen LogP contribution is -2.58. The summed E-state index contributed by atoms with van der Waals surface area (Å²) >= 11 is 0. The molecule has 0 radical (unpaired) electrons. The van der Waals surface area contributed by atoms with E-state index in [1.54, 1.807) is 41.4 Å². The van der Waals surface area contributed by atoms with Gasteiger partial charge >= 0.3 is 0 Å². The van der Waals surface area contributed by atoms with E-state index >= 15 is 0 Å². The molecule has 0 spiro atoms. The Morgan fingerprint density at radius 3 is 2.56 bits per heavy atom. The predicted molar refractivity (Wildman–Crippen MR) is 165 cm³/mol. The van der Waals surface area contributed by atoms with Gasteiger partial charge in [-0.1, -0.05) is 36.4 Å². The van der Waals surface area contributed by atoms with E-state index in [9.17, 15) is 18.8 Å². The van der Waals surface area contributed by atoms with Crippen LogP contribution < -0.4 is 20.1 Å². The number of fused-ring (bicyclic) bond motifs is 7. The van der Waals surface area contributed by atoms with E-state index in [0.717, 1.165) is 16.7 Å². The number of nitrogens with zero attached hydrogens (tertiary/aromatic N) is 2. The van der Waals surface area contributed by atoms with Gasteiger partial charge in [-0.2, -0.15) is 0 Å². The molecule has 4 heterocycles. The molecule has 230 valence electrons. The summed E-state index contributed by atoms with van der Waals surface area (Å²) in [5, 5.41) is 5.97. The summed E-state index contributed by atoms with van der Waals surface area (Å²) in [6.07, 6.45) is 4.03. The fourth-order valence-corrected chi connectivity index (χ4v) is 5.50. The lowest BCUT2D eigenvalue weighted by Gasteiger charge is -2.39. The monoisotopic (exact) mass is 608 g/mol. The maximum Gasteiger partial charge on any atom is 0.258 e. The summed E-state index contributed by atoms with van der Waals surface area (Å²) in [5.41, 5.74) is 3.62. The third kappa shape index (κ3) is 7.64. The van der Waals surface area contributed by atoms with Gasteiger partial charge in [0.05, 0.1) is 11.6 Å². The van der Waals surface area contributed by atoms with Crippen molar-refractivity contribution in [2.24, 2.45) is 0 Å².